The van der Waals surface area contributed by atoms with Crippen LogP contribution in [0.4, 0.5) is 0 Å². The number of carbonyl (C=O) groups is 2. The van der Waals surface area contributed by atoms with E-state index in [1.54, 1.807) is 35.0 Å². The number of benzene rings is 1. The Morgan fingerprint density at radius 3 is 2.81 bits per heavy atom. The summed E-state index contributed by atoms with van der Waals surface area (Å²) in [5, 5.41) is 9.12. The number of amidine groups is 1. The standard InChI is InChI=1S/C18H23N3O5S/c1-20(17-14-7-2-3-8-15(14)27(25,26)19-17)10-5-9-16(22)21-11-4-6-13(12-21)18(23)24/h2-3,7-8,13H,4-6,9-12H2,1H3,(H,23,24). The molecule has 0 saturated carbocycles. The van der Waals surface area contributed by atoms with Gasteiger partial charge in [-0.25, -0.2) is 0 Å². The van der Waals surface area contributed by atoms with Crippen molar-refractivity contribution >= 4 is 27.7 Å². The number of hydrogen-bond donors (Lipinski definition) is 1. The number of sulfonamides is 1. The molecule has 1 unspecified atom stereocenters. The highest BCUT2D eigenvalue weighted by Crippen LogP contribution is 2.27. The molecule has 9 heteroatoms. The molecule has 1 atom stereocenters. The van der Waals surface area contributed by atoms with Gasteiger partial charge in [0.15, 0.2) is 0 Å². The van der Waals surface area contributed by atoms with Crippen molar-refractivity contribution in [2.45, 2.75) is 30.6 Å². The van der Waals surface area contributed by atoms with Crippen molar-refractivity contribution in [3.63, 3.8) is 0 Å². The number of rotatable bonds is 5. The minimum atomic E-state index is -3.66. The second kappa shape index (κ2) is 7.67. The zero-order chi connectivity index (χ0) is 19.6. The summed E-state index contributed by atoms with van der Waals surface area (Å²) in [5.41, 5.74) is 0.576. The van der Waals surface area contributed by atoms with Crippen molar-refractivity contribution in [3.8, 4) is 0 Å². The molecule has 2 aliphatic rings. The molecule has 0 radical (unpaired) electrons. The Kier molecular flexibility index (Phi) is 5.50. The van der Waals surface area contributed by atoms with Crippen LogP contribution in [-0.4, -0.2) is 67.7 Å². The summed E-state index contributed by atoms with van der Waals surface area (Å²) in [6, 6.07) is 6.69. The summed E-state index contributed by atoms with van der Waals surface area (Å²) >= 11 is 0. The topological polar surface area (TPSA) is 107 Å². The van der Waals surface area contributed by atoms with E-state index in [-0.39, 0.29) is 17.3 Å². The number of fused-ring (bicyclic) bond motifs is 1. The maximum atomic E-state index is 12.4. The van der Waals surface area contributed by atoms with Crippen LogP contribution in [0.15, 0.2) is 33.6 Å². The fourth-order valence-electron chi connectivity index (χ4n) is 3.50. The van der Waals surface area contributed by atoms with Crippen molar-refractivity contribution in [1.29, 1.82) is 0 Å². The van der Waals surface area contributed by atoms with Crippen molar-refractivity contribution in [2.75, 3.05) is 26.7 Å². The molecular weight excluding hydrogens is 370 g/mol. The predicted molar refractivity (Wildman–Crippen MR) is 99.0 cm³/mol. The maximum Gasteiger partial charge on any atom is 0.308 e. The van der Waals surface area contributed by atoms with Crippen molar-refractivity contribution in [3.05, 3.63) is 29.8 Å². The summed E-state index contributed by atoms with van der Waals surface area (Å²) in [6.45, 7) is 1.34. The van der Waals surface area contributed by atoms with Gasteiger partial charge >= 0.3 is 5.97 Å². The summed E-state index contributed by atoms with van der Waals surface area (Å²) in [4.78, 5) is 27.0. The maximum absolute atomic E-state index is 12.4. The lowest BCUT2D eigenvalue weighted by Crippen LogP contribution is -2.42. The SMILES string of the molecule is CN(CCCC(=O)N1CCCC(C(=O)O)C1)C1=NS(=O)(=O)c2ccccc21. The Hall–Kier alpha value is -2.42. The van der Waals surface area contributed by atoms with Crippen LogP contribution in [0.5, 0.6) is 0 Å². The van der Waals surface area contributed by atoms with Crippen LogP contribution in [0.1, 0.15) is 31.2 Å². The molecule has 1 aromatic carbocycles. The minimum Gasteiger partial charge on any atom is -0.481 e. The van der Waals surface area contributed by atoms with Gasteiger partial charge in [-0.3, -0.25) is 9.59 Å². The smallest absolute Gasteiger partial charge is 0.308 e. The largest absolute Gasteiger partial charge is 0.481 e. The molecule has 0 bridgehead atoms. The lowest BCUT2D eigenvalue weighted by molar-refractivity contribution is -0.145. The second-order valence-electron chi connectivity index (χ2n) is 6.93. The number of carboxylic acids is 1. The normalized spacial score (nSPS) is 20.7. The molecule has 27 heavy (non-hydrogen) atoms. The number of likely N-dealkylation sites (tertiary alicyclic amines) is 1. The molecule has 1 amide bonds. The number of carbonyl (C=O) groups excluding carboxylic acids is 1. The molecule has 1 saturated heterocycles. The van der Waals surface area contributed by atoms with Crippen molar-refractivity contribution < 1.29 is 23.1 Å². The first kappa shape index (κ1) is 19.3. The minimum absolute atomic E-state index is 0.0595. The highest BCUT2D eigenvalue weighted by atomic mass is 32.2. The van der Waals surface area contributed by atoms with Crippen LogP contribution in [0.3, 0.4) is 0 Å². The molecule has 0 spiro atoms. The zero-order valence-corrected chi connectivity index (χ0v) is 16.0. The number of aliphatic carboxylic acids is 1. The first-order valence-electron chi connectivity index (χ1n) is 8.95. The molecule has 3 rings (SSSR count). The molecule has 2 aliphatic heterocycles. The van der Waals surface area contributed by atoms with Gasteiger partial charge in [0, 0.05) is 38.7 Å². The third kappa shape index (κ3) is 4.13. The molecule has 1 N–H and O–H groups in total. The molecule has 1 aromatic rings. The van der Waals surface area contributed by atoms with E-state index in [4.69, 9.17) is 5.11 Å². The van der Waals surface area contributed by atoms with E-state index >= 15 is 0 Å². The molecule has 2 heterocycles. The van der Waals surface area contributed by atoms with Crippen LogP contribution >= 0.6 is 0 Å². The van der Waals surface area contributed by atoms with E-state index in [1.807, 2.05) is 0 Å². The lowest BCUT2D eigenvalue weighted by atomic mass is 9.98. The summed E-state index contributed by atoms with van der Waals surface area (Å²) in [6.07, 6.45) is 2.13. The Morgan fingerprint density at radius 2 is 2.07 bits per heavy atom. The highest BCUT2D eigenvalue weighted by molar-refractivity contribution is 7.90. The van der Waals surface area contributed by atoms with Crippen LogP contribution < -0.4 is 0 Å². The predicted octanol–water partition coefficient (Wildman–Crippen LogP) is 1.17. The van der Waals surface area contributed by atoms with E-state index in [2.05, 4.69) is 4.40 Å². The third-order valence-electron chi connectivity index (χ3n) is 4.98. The molecule has 146 valence electrons. The van der Waals surface area contributed by atoms with Crippen LogP contribution in [-0.2, 0) is 19.6 Å². The van der Waals surface area contributed by atoms with Crippen LogP contribution in [0.25, 0.3) is 0 Å². The second-order valence-corrected chi connectivity index (χ2v) is 8.50. The van der Waals surface area contributed by atoms with Gasteiger partial charge in [0.25, 0.3) is 10.0 Å². The van der Waals surface area contributed by atoms with Gasteiger partial charge in [-0.2, -0.15) is 8.42 Å². The number of piperidine rings is 1. The Bertz CT molecular complexity index is 881. The lowest BCUT2D eigenvalue weighted by Gasteiger charge is -2.31. The van der Waals surface area contributed by atoms with E-state index in [0.717, 1.165) is 0 Å². The fourth-order valence-corrected chi connectivity index (χ4v) is 4.75. The summed E-state index contributed by atoms with van der Waals surface area (Å²) in [5.74, 6) is -1.01. The molecule has 1 fully saturated rings. The number of nitrogens with zero attached hydrogens (tertiary/aromatic N) is 3. The zero-order valence-electron chi connectivity index (χ0n) is 15.2. The Morgan fingerprint density at radius 1 is 1.33 bits per heavy atom. The van der Waals surface area contributed by atoms with E-state index in [1.165, 1.54) is 6.07 Å². The van der Waals surface area contributed by atoms with Gasteiger partial charge in [-0.15, -0.1) is 4.40 Å². The monoisotopic (exact) mass is 393 g/mol. The summed E-state index contributed by atoms with van der Waals surface area (Å²) < 4.78 is 28.1. The van der Waals surface area contributed by atoms with Crippen LogP contribution in [0, 0.1) is 5.92 Å². The van der Waals surface area contributed by atoms with Gasteiger partial charge < -0.3 is 14.9 Å². The fraction of sp³-hybridized carbons (Fsp3) is 0.500. The quantitative estimate of drug-likeness (QED) is 0.805. The van der Waals surface area contributed by atoms with Gasteiger partial charge in [-0.1, -0.05) is 12.1 Å². The molecular formula is C18H23N3O5S. The van der Waals surface area contributed by atoms with Crippen molar-refractivity contribution in [2.24, 2.45) is 10.3 Å². The van der Waals surface area contributed by atoms with Gasteiger partial charge in [-0.05, 0) is 31.4 Å². The highest BCUT2D eigenvalue weighted by Gasteiger charge is 2.31. The molecule has 0 aromatic heterocycles. The number of carboxylic acid groups (broad SMARTS) is 1. The average molecular weight is 393 g/mol. The van der Waals surface area contributed by atoms with Crippen molar-refractivity contribution in [1.82, 2.24) is 9.80 Å². The molecule has 0 aliphatic carbocycles. The Labute approximate surface area is 158 Å². The average Bonchev–Trinajstić information content (AvgIpc) is 2.93. The molecule has 8 nitrogen and oxygen atoms in total. The Balaban J connectivity index is 1.55. The first-order chi connectivity index (χ1) is 12.8. The van der Waals surface area contributed by atoms with Gasteiger partial charge in [0.2, 0.25) is 5.91 Å². The van der Waals surface area contributed by atoms with E-state index in [0.29, 0.717) is 50.2 Å². The van der Waals surface area contributed by atoms with E-state index in [9.17, 15) is 18.0 Å². The van der Waals surface area contributed by atoms with E-state index < -0.39 is 21.9 Å². The third-order valence-corrected chi connectivity index (χ3v) is 6.31. The first-order valence-corrected chi connectivity index (χ1v) is 10.4. The van der Waals surface area contributed by atoms with Gasteiger partial charge in [0.05, 0.1) is 5.92 Å². The summed E-state index contributed by atoms with van der Waals surface area (Å²) in [7, 11) is -1.90. The number of amides is 1. The van der Waals surface area contributed by atoms with Crippen LogP contribution in [0.2, 0.25) is 0 Å². The van der Waals surface area contributed by atoms with Gasteiger partial charge in [0.1, 0.15) is 10.7 Å². The number of hydrogen-bond acceptors (Lipinski definition) is 5.